The van der Waals surface area contributed by atoms with Gasteiger partial charge in [0.15, 0.2) is 0 Å². The number of hydrogen-bond donors (Lipinski definition) is 1. The number of aromatic nitrogens is 4. The van der Waals surface area contributed by atoms with Crippen molar-refractivity contribution in [3.8, 4) is 0 Å². The van der Waals surface area contributed by atoms with Gasteiger partial charge in [0, 0.05) is 19.5 Å². The topological polar surface area (TPSA) is 77.6 Å². The minimum atomic E-state index is 0. The summed E-state index contributed by atoms with van der Waals surface area (Å²) >= 11 is 0. The van der Waals surface area contributed by atoms with Crippen LogP contribution in [-0.4, -0.2) is 20.6 Å². The molecule has 0 bridgehead atoms. The van der Waals surface area contributed by atoms with E-state index in [9.17, 15) is 0 Å². The van der Waals surface area contributed by atoms with E-state index in [0.29, 0.717) is 0 Å². The van der Waals surface area contributed by atoms with Crippen molar-refractivity contribution in [1.82, 2.24) is 20.6 Å². The van der Waals surface area contributed by atoms with Crippen molar-refractivity contribution in [3.05, 3.63) is 0 Å². The fourth-order valence-electron chi connectivity index (χ4n) is 0.152. The molecule has 0 aromatic carbocycles. The average molecular weight is 149 g/mol. The van der Waals surface area contributed by atoms with Gasteiger partial charge in [0.25, 0.3) is 0 Å². The number of anilines is 1. The molecule has 0 aliphatic heterocycles. The minimum absolute atomic E-state index is 0. The van der Waals surface area contributed by atoms with E-state index in [1.165, 1.54) is 0 Å². The summed E-state index contributed by atoms with van der Waals surface area (Å²) in [5.74, 6) is 0.120. The van der Waals surface area contributed by atoms with E-state index >= 15 is 0 Å². The van der Waals surface area contributed by atoms with Crippen LogP contribution in [0.25, 0.3) is 0 Å². The van der Waals surface area contributed by atoms with Crippen LogP contribution >= 0.6 is 0 Å². The zero-order valence-corrected chi connectivity index (χ0v) is 6.54. The molecule has 0 saturated carbocycles. The van der Waals surface area contributed by atoms with Crippen LogP contribution in [0.2, 0.25) is 0 Å². The molecule has 34 valence electrons. The van der Waals surface area contributed by atoms with Gasteiger partial charge in [-0.2, -0.15) is 0 Å². The van der Waals surface area contributed by atoms with Crippen LogP contribution in [-0.2, 0) is 19.5 Å². The van der Waals surface area contributed by atoms with E-state index in [1.807, 2.05) is 0 Å². The van der Waals surface area contributed by atoms with E-state index in [0.717, 1.165) is 0 Å². The Morgan fingerprint density at radius 3 is 1.71 bits per heavy atom. The fourth-order valence-corrected chi connectivity index (χ4v) is 0.152. The van der Waals surface area contributed by atoms with Crippen LogP contribution in [0.5, 0.6) is 0 Å². The van der Waals surface area contributed by atoms with E-state index in [1.54, 1.807) is 0 Å². The standard InChI is InChI=1S/CH2N5.Zn/c2-1-3-5-6-4-1;/h2H2;/q-1;. The Morgan fingerprint density at radius 2 is 1.57 bits per heavy atom. The second-order valence-corrected chi connectivity index (χ2v) is 0.737. The number of hydrogen-bond acceptors (Lipinski definition) is 5. The van der Waals surface area contributed by atoms with Gasteiger partial charge in [0.2, 0.25) is 0 Å². The zero-order chi connectivity index (χ0) is 4.41. The first-order chi connectivity index (χ1) is 2.89. The van der Waals surface area contributed by atoms with Gasteiger partial charge >= 0.3 is 0 Å². The smallest absolute Gasteiger partial charge is 0 e. The molecule has 0 aliphatic rings. The SMILES string of the molecule is N[c-]1nnnn1.[Zn]. The second-order valence-electron chi connectivity index (χ2n) is 0.737. The van der Waals surface area contributed by atoms with Crippen molar-refractivity contribution in [1.29, 1.82) is 0 Å². The summed E-state index contributed by atoms with van der Waals surface area (Å²) in [5, 5.41) is 12.6. The van der Waals surface area contributed by atoms with Crippen LogP contribution in [0, 0.1) is 0 Å². The summed E-state index contributed by atoms with van der Waals surface area (Å²) in [6.45, 7) is 0. The number of rotatable bonds is 0. The van der Waals surface area contributed by atoms with Crippen molar-refractivity contribution in [2.45, 2.75) is 0 Å². The van der Waals surface area contributed by atoms with Crippen molar-refractivity contribution in [2.75, 3.05) is 5.73 Å². The van der Waals surface area contributed by atoms with Gasteiger partial charge in [0.05, 0.1) is 0 Å². The van der Waals surface area contributed by atoms with Crippen LogP contribution < -0.4 is 5.73 Å². The Hall–Kier alpha value is -0.507. The predicted molar refractivity (Wildman–Crippen MR) is 17.6 cm³/mol. The molecule has 6 heteroatoms. The number of nitrogens with zero attached hydrogens (tertiary/aromatic N) is 4. The summed E-state index contributed by atoms with van der Waals surface area (Å²) in [6.07, 6.45) is 0. The molecule has 0 aliphatic carbocycles. The van der Waals surface area contributed by atoms with Crippen LogP contribution in [0.4, 0.5) is 5.95 Å². The van der Waals surface area contributed by atoms with Gasteiger partial charge in [-0.3, -0.25) is 10.2 Å². The molecule has 1 rings (SSSR count). The molecule has 0 amide bonds. The second kappa shape index (κ2) is 2.63. The van der Waals surface area contributed by atoms with Crippen molar-refractivity contribution in [2.24, 2.45) is 0 Å². The summed E-state index contributed by atoms with van der Waals surface area (Å²) in [5.41, 5.74) is 4.93. The molecule has 0 spiro atoms. The maximum absolute atomic E-state index is 4.93. The van der Waals surface area contributed by atoms with E-state index in [4.69, 9.17) is 5.73 Å². The largest absolute Gasteiger partial charge is 0.518 e. The quantitative estimate of drug-likeness (QED) is 0.361. The predicted octanol–water partition coefficient (Wildman–Crippen LogP) is -1.43. The Balaban J connectivity index is 0.000000360. The summed E-state index contributed by atoms with van der Waals surface area (Å²) in [7, 11) is 0. The molecule has 0 atom stereocenters. The average Bonchev–Trinajstić information content (AvgIpc) is 1.86. The Bertz CT molecular complexity index is 112. The molecule has 7 heavy (non-hydrogen) atoms. The molecule has 5 nitrogen and oxygen atoms in total. The monoisotopic (exact) mass is 148 g/mol. The minimum Gasteiger partial charge on any atom is -0.518 e. The van der Waals surface area contributed by atoms with Crippen LogP contribution in [0.1, 0.15) is 0 Å². The van der Waals surface area contributed by atoms with Crippen LogP contribution in [0.15, 0.2) is 0 Å². The summed E-state index contributed by atoms with van der Waals surface area (Å²) in [6, 6.07) is 0. The normalized spacial score (nSPS) is 7.43. The molecule has 2 N–H and O–H groups in total. The summed E-state index contributed by atoms with van der Waals surface area (Å²) < 4.78 is 0. The van der Waals surface area contributed by atoms with Crippen molar-refractivity contribution >= 4 is 5.95 Å². The Morgan fingerprint density at radius 1 is 1.14 bits per heavy atom. The molecule has 1 aromatic heterocycles. The maximum Gasteiger partial charge on any atom is 0 e. The first kappa shape index (κ1) is 6.49. The molecular formula is CH2N5Zn-. The van der Waals surface area contributed by atoms with Gasteiger partial charge in [-0.1, -0.05) is 10.4 Å². The number of nitrogen functional groups attached to an aromatic ring is 1. The van der Waals surface area contributed by atoms with Gasteiger partial charge in [-0.05, 0) is 5.95 Å². The molecular weight excluding hydrogens is 147 g/mol. The molecule has 0 fully saturated rings. The number of tetrazole rings is 1. The van der Waals surface area contributed by atoms with Crippen molar-refractivity contribution < 1.29 is 19.5 Å². The third kappa shape index (κ3) is 1.59. The van der Waals surface area contributed by atoms with Crippen LogP contribution in [0.3, 0.4) is 0 Å². The number of nitrogens with two attached hydrogens (primary N) is 1. The van der Waals surface area contributed by atoms with Crippen molar-refractivity contribution in [3.63, 3.8) is 0 Å². The maximum atomic E-state index is 4.93. The van der Waals surface area contributed by atoms with E-state index in [2.05, 4.69) is 20.6 Å². The fraction of sp³-hybridized carbons (Fsp3) is 0. The van der Waals surface area contributed by atoms with E-state index < -0.39 is 0 Å². The Kier molecular flexibility index (Phi) is 2.44. The first-order valence-electron chi connectivity index (χ1n) is 1.34. The van der Waals surface area contributed by atoms with Gasteiger partial charge < -0.3 is 5.73 Å². The molecule has 0 unspecified atom stereocenters. The molecule has 0 saturated heterocycles. The van der Waals surface area contributed by atoms with E-state index in [-0.39, 0.29) is 25.4 Å². The molecule has 0 radical (unpaired) electrons. The zero-order valence-electron chi connectivity index (χ0n) is 3.57. The Labute approximate surface area is 52.4 Å². The van der Waals surface area contributed by atoms with Gasteiger partial charge in [-0.15, -0.1) is 0 Å². The third-order valence-electron chi connectivity index (χ3n) is 0.334. The van der Waals surface area contributed by atoms with Gasteiger partial charge in [-0.25, -0.2) is 0 Å². The third-order valence-corrected chi connectivity index (χ3v) is 0.334. The first-order valence-corrected chi connectivity index (χ1v) is 1.34. The van der Waals surface area contributed by atoms with Gasteiger partial charge in [0.1, 0.15) is 0 Å². The molecule has 1 aromatic rings. The summed E-state index contributed by atoms with van der Waals surface area (Å²) in [4.78, 5) is 0. The molecule has 1 heterocycles.